The number of aromatic nitrogens is 1. The zero-order chi connectivity index (χ0) is 23.7. The van der Waals surface area contributed by atoms with Gasteiger partial charge in [-0.1, -0.05) is 17.7 Å². The van der Waals surface area contributed by atoms with Gasteiger partial charge in [0.25, 0.3) is 5.91 Å². The second-order valence-electron chi connectivity index (χ2n) is 9.39. The molecule has 0 saturated carbocycles. The minimum absolute atomic E-state index is 0.0367. The Labute approximate surface area is 209 Å². The van der Waals surface area contributed by atoms with E-state index in [2.05, 4.69) is 5.32 Å². The smallest absolute Gasteiger partial charge is 0.409 e. The van der Waals surface area contributed by atoms with Crippen molar-refractivity contribution in [2.45, 2.75) is 30.9 Å². The average molecular weight is 503 g/mol. The van der Waals surface area contributed by atoms with Crippen molar-refractivity contribution in [3.05, 3.63) is 40.0 Å². The van der Waals surface area contributed by atoms with E-state index < -0.39 is 0 Å². The Kier molecular flexibility index (Phi) is 7.18. The van der Waals surface area contributed by atoms with Crippen molar-refractivity contribution < 1.29 is 14.3 Å². The number of piperazine rings is 1. The average Bonchev–Trinajstić information content (AvgIpc) is 3.68. The molecule has 2 fully saturated rings. The molecular weight excluding hydrogens is 472 g/mol. The van der Waals surface area contributed by atoms with Crippen LogP contribution < -0.4 is 5.32 Å². The maximum Gasteiger partial charge on any atom is 0.409 e. The maximum atomic E-state index is 13.2. The molecule has 7 nitrogen and oxygen atoms in total. The van der Waals surface area contributed by atoms with Gasteiger partial charge in [-0.05, 0) is 62.9 Å². The quantitative estimate of drug-likeness (QED) is 0.608. The molecule has 2 amide bonds. The Balaban J connectivity index is 1.23. The highest BCUT2D eigenvalue weighted by molar-refractivity contribution is 8.06. The number of thioether (sulfide) groups is 1. The molecule has 9 heteroatoms. The third-order valence-corrected chi connectivity index (χ3v) is 8.49. The largest absolute Gasteiger partial charge is 0.449 e. The number of ether oxygens (including phenoxy) is 1. The Morgan fingerprint density at radius 1 is 1.24 bits per heavy atom. The van der Waals surface area contributed by atoms with Crippen molar-refractivity contribution in [1.82, 2.24) is 20.1 Å². The molecule has 0 spiro atoms. The van der Waals surface area contributed by atoms with Crippen LogP contribution in [-0.2, 0) is 17.6 Å². The van der Waals surface area contributed by atoms with Crippen molar-refractivity contribution in [1.29, 1.82) is 0 Å². The lowest BCUT2D eigenvalue weighted by molar-refractivity contribution is 0.0559. The van der Waals surface area contributed by atoms with Gasteiger partial charge in [0.2, 0.25) is 0 Å². The van der Waals surface area contributed by atoms with E-state index in [9.17, 15) is 9.59 Å². The molecule has 182 valence electrons. The molecule has 2 atom stereocenters. The van der Waals surface area contributed by atoms with Crippen molar-refractivity contribution in [2.75, 3.05) is 52.1 Å². The number of carbonyl (C=O) groups is 2. The first-order valence-electron chi connectivity index (χ1n) is 12.1. The normalized spacial score (nSPS) is 21.9. The standard InChI is InChI=1S/C25H31ClN4O3S/c1-27-14-16-2-5-21-20(12-16)23(26)19-4-3-17(13-22(19)28-21)24(31)29-7-9-30(10-8-29)25(32)33-11-6-18-15-34-18/h3-4,13,16,18,27H,2,5-12,14-15H2,1H3. The van der Waals surface area contributed by atoms with Gasteiger partial charge in [-0.15, -0.1) is 0 Å². The number of hydrogen-bond donors (Lipinski definition) is 1. The summed E-state index contributed by atoms with van der Waals surface area (Å²) in [5.41, 5.74) is 3.59. The van der Waals surface area contributed by atoms with Gasteiger partial charge in [-0.3, -0.25) is 9.78 Å². The van der Waals surface area contributed by atoms with E-state index in [1.54, 1.807) is 9.80 Å². The Hall–Kier alpha value is -2.03. The van der Waals surface area contributed by atoms with Crippen LogP contribution in [0.2, 0.25) is 5.02 Å². The molecule has 2 aliphatic heterocycles. The monoisotopic (exact) mass is 502 g/mol. The lowest BCUT2D eigenvalue weighted by Gasteiger charge is -2.34. The summed E-state index contributed by atoms with van der Waals surface area (Å²) in [5.74, 6) is 1.71. The fourth-order valence-electron chi connectivity index (χ4n) is 4.93. The third-order valence-electron chi connectivity index (χ3n) is 7.02. The van der Waals surface area contributed by atoms with Crippen LogP contribution in [0.5, 0.6) is 0 Å². The van der Waals surface area contributed by atoms with E-state index in [1.807, 2.05) is 37.0 Å². The lowest BCUT2D eigenvalue weighted by atomic mass is 9.85. The van der Waals surface area contributed by atoms with Gasteiger partial charge in [-0.2, -0.15) is 11.8 Å². The summed E-state index contributed by atoms with van der Waals surface area (Å²) in [6, 6.07) is 5.63. The van der Waals surface area contributed by atoms with Gasteiger partial charge < -0.3 is 19.9 Å². The number of amides is 2. The number of pyridine rings is 1. The number of rotatable bonds is 6. The van der Waals surface area contributed by atoms with Crippen LogP contribution in [0.4, 0.5) is 4.79 Å². The van der Waals surface area contributed by atoms with E-state index in [0.29, 0.717) is 49.5 Å². The van der Waals surface area contributed by atoms with Crippen molar-refractivity contribution in [3.8, 4) is 0 Å². The highest BCUT2D eigenvalue weighted by Crippen LogP contribution is 2.35. The minimum Gasteiger partial charge on any atom is -0.449 e. The van der Waals surface area contributed by atoms with Gasteiger partial charge in [0.15, 0.2) is 0 Å². The Bertz CT molecular complexity index is 1090. The van der Waals surface area contributed by atoms with Gasteiger partial charge in [-0.25, -0.2) is 4.79 Å². The molecule has 0 radical (unpaired) electrons. The molecule has 2 unspecified atom stereocenters. The number of fused-ring (bicyclic) bond motifs is 2. The van der Waals surface area contributed by atoms with Crippen LogP contribution in [0.1, 0.15) is 34.5 Å². The molecule has 0 bridgehead atoms. The zero-order valence-corrected chi connectivity index (χ0v) is 21.1. The Morgan fingerprint density at radius 2 is 2.00 bits per heavy atom. The second kappa shape index (κ2) is 10.3. The van der Waals surface area contributed by atoms with E-state index in [-0.39, 0.29) is 12.0 Å². The van der Waals surface area contributed by atoms with Crippen molar-refractivity contribution in [3.63, 3.8) is 0 Å². The lowest BCUT2D eigenvalue weighted by Crippen LogP contribution is -2.50. The molecule has 5 rings (SSSR count). The topological polar surface area (TPSA) is 74.8 Å². The molecule has 2 aromatic rings. The fraction of sp³-hybridized carbons (Fsp3) is 0.560. The highest BCUT2D eigenvalue weighted by Gasteiger charge is 2.28. The van der Waals surface area contributed by atoms with Gasteiger partial charge >= 0.3 is 6.09 Å². The summed E-state index contributed by atoms with van der Waals surface area (Å²) in [7, 11) is 1.98. The van der Waals surface area contributed by atoms with Crippen LogP contribution in [0, 0.1) is 5.92 Å². The van der Waals surface area contributed by atoms with Crippen LogP contribution in [-0.4, -0.2) is 84.2 Å². The number of benzene rings is 1. The van der Waals surface area contributed by atoms with Gasteiger partial charge in [0, 0.05) is 53.8 Å². The minimum atomic E-state index is -0.274. The second-order valence-corrected chi connectivity index (χ2v) is 11.1. The summed E-state index contributed by atoms with van der Waals surface area (Å²) < 4.78 is 5.38. The summed E-state index contributed by atoms with van der Waals surface area (Å²) in [6.07, 6.45) is 3.59. The molecular formula is C25H31ClN4O3S. The number of carbonyl (C=O) groups excluding carboxylic acids is 2. The molecule has 34 heavy (non-hydrogen) atoms. The number of hydrogen-bond acceptors (Lipinski definition) is 6. The van der Waals surface area contributed by atoms with E-state index in [0.717, 1.165) is 59.4 Å². The summed E-state index contributed by atoms with van der Waals surface area (Å²) in [4.78, 5) is 33.8. The first-order valence-corrected chi connectivity index (χ1v) is 13.5. The zero-order valence-electron chi connectivity index (χ0n) is 19.5. The number of aryl methyl sites for hydroxylation is 1. The van der Waals surface area contributed by atoms with Gasteiger partial charge in [0.05, 0.1) is 17.1 Å². The molecule has 2 saturated heterocycles. The van der Waals surface area contributed by atoms with Crippen LogP contribution in [0.15, 0.2) is 18.2 Å². The van der Waals surface area contributed by atoms with Crippen molar-refractivity contribution in [2.24, 2.45) is 5.92 Å². The first kappa shape index (κ1) is 23.7. The third kappa shape index (κ3) is 5.14. The summed E-state index contributed by atoms with van der Waals surface area (Å²) in [6.45, 7) is 3.42. The van der Waals surface area contributed by atoms with E-state index >= 15 is 0 Å². The predicted octanol–water partition coefficient (Wildman–Crippen LogP) is 3.61. The number of halogens is 1. The number of nitrogens with one attached hydrogen (secondary N) is 1. The molecule has 1 aliphatic carbocycles. The molecule has 1 aromatic carbocycles. The Morgan fingerprint density at radius 3 is 2.74 bits per heavy atom. The maximum absolute atomic E-state index is 13.2. The van der Waals surface area contributed by atoms with E-state index in [1.165, 1.54) is 5.75 Å². The summed E-state index contributed by atoms with van der Waals surface area (Å²) >= 11 is 8.71. The highest BCUT2D eigenvalue weighted by atomic mass is 35.5. The molecule has 1 N–H and O–H groups in total. The molecule has 1 aromatic heterocycles. The van der Waals surface area contributed by atoms with Crippen LogP contribution in [0.25, 0.3) is 10.9 Å². The SMILES string of the molecule is CNCC1CCc2nc3cc(C(=O)N4CCN(C(=O)OCCC5CS5)CC4)ccc3c(Cl)c2C1. The summed E-state index contributed by atoms with van der Waals surface area (Å²) in [5, 5.41) is 5.60. The van der Waals surface area contributed by atoms with Gasteiger partial charge in [0.1, 0.15) is 0 Å². The first-order chi connectivity index (χ1) is 16.5. The fourth-order valence-corrected chi connectivity index (χ4v) is 5.84. The van der Waals surface area contributed by atoms with E-state index in [4.69, 9.17) is 21.3 Å². The number of nitrogens with zero attached hydrogens (tertiary/aromatic N) is 3. The van der Waals surface area contributed by atoms with Crippen LogP contribution in [0.3, 0.4) is 0 Å². The van der Waals surface area contributed by atoms with Crippen molar-refractivity contribution >= 4 is 46.3 Å². The molecule has 3 aliphatic rings. The predicted molar refractivity (Wildman–Crippen MR) is 136 cm³/mol. The molecule has 3 heterocycles. The van der Waals surface area contributed by atoms with Crippen LogP contribution >= 0.6 is 23.4 Å².